The van der Waals surface area contributed by atoms with Gasteiger partial charge in [0.15, 0.2) is 0 Å². The summed E-state index contributed by atoms with van der Waals surface area (Å²) in [6.45, 7) is 6.88. The minimum absolute atomic E-state index is 0.194. The Morgan fingerprint density at radius 2 is 1.39 bits per heavy atom. The molecule has 0 aliphatic rings. The van der Waals surface area contributed by atoms with Crippen molar-refractivity contribution >= 4 is 28.1 Å². The first-order valence-corrected chi connectivity index (χ1v) is 12.6. The Kier molecular flexibility index (Phi) is 6.79. The average Bonchev–Trinajstić information content (AvgIpc) is 3.33. The van der Waals surface area contributed by atoms with Crippen LogP contribution in [0.5, 0.6) is 11.5 Å². The van der Waals surface area contributed by atoms with Crippen LogP contribution in [0.25, 0.3) is 27.9 Å². The Labute approximate surface area is 233 Å². The first-order chi connectivity index (χ1) is 19.7. The second-order valence-electron chi connectivity index (χ2n) is 9.64. The van der Waals surface area contributed by atoms with Gasteiger partial charge < -0.3 is 14.8 Å². The third kappa shape index (κ3) is 4.36. The summed E-state index contributed by atoms with van der Waals surface area (Å²) in [4.78, 5) is 41.1. The molecule has 2 aromatic heterocycles. The molecule has 5 aromatic rings. The number of anilines is 1. The molecule has 0 fully saturated rings. The largest absolute Gasteiger partial charge is 0.388 e. The van der Waals surface area contributed by atoms with Crippen LogP contribution in [-0.4, -0.2) is 19.4 Å². The van der Waals surface area contributed by atoms with Crippen LogP contribution in [0.1, 0.15) is 25.0 Å². The minimum Gasteiger partial charge on any atom is -0.388 e. The third-order valence-electron chi connectivity index (χ3n) is 6.91. The summed E-state index contributed by atoms with van der Waals surface area (Å²) in [5, 5.41) is 21.7. The highest BCUT2D eigenvalue weighted by molar-refractivity contribution is 6.03. The molecule has 0 atom stereocenters. The molecule has 0 unspecified atom stereocenters. The van der Waals surface area contributed by atoms with Crippen molar-refractivity contribution in [1.82, 2.24) is 13.5 Å². The molecule has 2 heterocycles. The van der Waals surface area contributed by atoms with Crippen LogP contribution in [0.2, 0.25) is 0 Å². The van der Waals surface area contributed by atoms with Crippen molar-refractivity contribution in [2.75, 3.05) is 5.32 Å². The minimum atomic E-state index is -0.701. The van der Waals surface area contributed by atoms with E-state index in [0.717, 1.165) is 4.57 Å². The van der Waals surface area contributed by atoms with Gasteiger partial charge in [0.2, 0.25) is 5.91 Å². The molecule has 1 amide bonds. The molecule has 0 spiro atoms. The Balaban J connectivity index is 1.96. The number of carbonyl (C=O) groups is 1. The summed E-state index contributed by atoms with van der Waals surface area (Å²) in [6, 6.07) is 16.5. The molecule has 1 N–H and O–H groups in total. The lowest BCUT2D eigenvalue weighted by molar-refractivity contribution is -0.118. The number of benzene rings is 3. The van der Waals surface area contributed by atoms with Crippen LogP contribution in [0.4, 0.5) is 5.69 Å². The summed E-state index contributed by atoms with van der Waals surface area (Å²) < 4.78 is 13.9. The number of aromatic nitrogens is 3. The van der Waals surface area contributed by atoms with Crippen LogP contribution in [-0.2, 0) is 4.79 Å². The first-order valence-electron chi connectivity index (χ1n) is 12.6. The fourth-order valence-corrected chi connectivity index (χ4v) is 4.79. The molecule has 11 heteroatoms. The van der Waals surface area contributed by atoms with E-state index in [-0.39, 0.29) is 34.7 Å². The Morgan fingerprint density at radius 1 is 0.829 bits per heavy atom. The van der Waals surface area contributed by atoms with Crippen LogP contribution in [0.3, 0.4) is 0 Å². The van der Waals surface area contributed by atoms with E-state index in [1.807, 2.05) is 0 Å². The maximum Gasteiger partial charge on any atom is 0.343 e. The van der Waals surface area contributed by atoms with Crippen molar-refractivity contribution in [3.8, 4) is 35.4 Å². The van der Waals surface area contributed by atoms with Gasteiger partial charge in [-0.1, -0.05) is 32.0 Å². The third-order valence-corrected chi connectivity index (χ3v) is 6.91. The van der Waals surface area contributed by atoms with E-state index >= 15 is 0 Å². The Bertz CT molecular complexity index is 2070. The van der Waals surface area contributed by atoms with E-state index in [0.29, 0.717) is 33.4 Å². The van der Waals surface area contributed by atoms with E-state index in [4.69, 9.17) is 20.0 Å². The summed E-state index contributed by atoms with van der Waals surface area (Å²) in [7, 11) is 0. The molecule has 5 rings (SSSR count). The molecular weight excluding hydrogens is 524 g/mol. The monoisotopic (exact) mass is 548 g/mol. The predicted octanol–water partition coefficient (Wildman–Crippen LogP) is 4.33. The number of hydrogen-bond acceptors (Lipinski definition) is 7. The van der Waals surface area contributed by atoms with E-state index in [2.05, 4.69) is 5.32 Å². The van der Waals surface area contributed by atoms with Crippen LogP contribution in [0.15, 0.2) is 70.3 Å². The molecule has 0 radical (unpaired) electrons. The van der Waals surface area contributed by atoms with Gasteiger partial charge in [-0.05, 0) is 56.3 Å². The SMILES string of the molecule is Cc1c(OC#N)cccc1-n1c(=O)n(-c2cccc(OC#N)c2C)c2cc3c(NC(=O)C(C)C)cccc3n2c1=O. The maximum atomic E-state index is 14.3. The Hall–Kier alpha value is -5.81. The quantitative estimate of drug-likeness (QED) is 0.311. The molecule has 204 valence electrons. The predicted molar refractivity (Wildman–Crippen MR) is 152 cm³/mol. The highest BCUT2D eigenvalue weighted by atomic mass is 16.5. The molecule has 0 aliphatic heterocycles. The van der Waals surface area contributed by atoms with Gasteiger partial charge in [0.1, 0.15) is 17.1 Å². The number of amides is 1. The molecule has 0 saturated carbocycles. The zero-order valence-corrected chi connectivity index (χ0v) is 22.6. The number of carbonyl (C=O) groups excluding carboxylic acids is 1. The number of nitrogens with one attached hydrogen (secondary N) is 1. The van der Waals surface area contributed by atoms with Crippen molar-refractivity contribution in [2.45, 2.75) is 27.7 Å². The smallest absolute Gasteiger partial charge is 0.343 e. The number of ether oxygens (including phenoxy) is 2. The zero-order chi connectivity index (χ0) is 29.4. The van der Waals surface area contributed by atoms with Crippen molar-refractivity contribution in [2.24, 2.45) is 5.92 Å². The van der Waals surface area contributed by atoms with Crippen molar-refractivity contribution < 1.29 is 14.3 Å². The number of hydrogen-bond donors (Lipinski definition) is 1. The molecule has 0 saturated heterocycles. The summed E-state index contributed by atoms with van der Waals surface area (Å²) in [6.07, 6.45) is 3.28. The second kappa shape index (κ2) is 10.4. The van der Waals surface area contributed by atoms with E-state index in [1.54, 1.807) is 101 Å². The zero-order valence-electron chi connectivity index (χ0n) is 22.6. The highest BCUT2D eigenvalue weighted by Gasteiger charge is 2.23. The molecule has 0 aliphatic carbocycles. The van der Waals surface area contributed by atoms with Gasteiger partial charge in [0.05, 0.1) is 22.6 Å². The number of fused-ring (bicyclic) bond motifs is 3. The number of nitriles is 2. The second-order valence-corrected chi connectivity index (χ2v) is 9.64. The number of rotatable bonds is 6. The van der Waals surface area contributed by atoms with Gasteiger partial charge in [-0.2, -0.15) is 0 Å². The standard InChI is InChI=1S/C30H24N6O5/c1-17(2)28(37)33-21-8-5-11-24-20(21)14-27-34(22-9-6-12-25(18(22)3)40-15-31)29(38)36(30(39)35(24)27)23-10-7-13-26(19(23)4)41-16-32/h5-14,17H,1-4H3,(H,33,37). The van der Waals surface area contributed by atoms with Gasteiger partial charge in [-0.25, -0.2) is 23.1 Å². The van der Waals surface area contributed by atoms with Gasteiger partial charge >= 0.3 is 11.4 Å². The number of nitrogens with zero attached hydrogens (tertiary/aromatic N) is 5. The van der Waals surface area contributed by atoms with Crippen LogP contribution < -0.4 is 26.2 Å². The normalized spacial score (nSPS) is 10.9. The van der Waals surface area contributed by atoms with E-state index in [9.17, 15) is 14.4 Å². The van der Waals surface area contributed by atoms with Crippen molar-refractivity contribution in [3.05, 3.63) is 92.8 Å². The van der Waals surface area contributed by atoms with Crippen molar-refractivity contribution in [1.29, 1.82) is 10.5 Å². The van der Waals surface area contributed by atoms with E-state index < -0.39 is 11.4 Å². The molecule has 41 heavy (non-hydrogen) atoms. The average molecular weight is 549 g/mol. The van der Waals surface area contributed by atoms with Crippen LogP contribution in [0, 0.1) is 42.8 Å². The summed E-state index contributed by atoms with van der Waals surface area (Å²) in [5.41, 5.74) is 1.29. The Morgan fingerprint density at radius 3 is 1.95 bits per heavy atom. The van der Waals surface area contributed by atoms with Gasteiger partial charge in [0.25, 0.3) is 12.5 Å². The highest BCUT2D eigenvalue weighted by Crippen LogP contribution is 2.30. The van der Waals surface area contributed by atoms with Crippen molar-refractivity contribution in [3.63, 3.8) is 0 Å². The summed E-state index contributed by atoms with van der Waals surface area (Å²) in [5.74, 6) is -0.0484. The fraction of sp³-hybridized carbons (Fsp3) is 0.167. The van der Waals surface area contributed by atoms with Crippen LogP contribution >= 0.6 is 0 Å². The molecule has 11 nitrogen and oxygen atoms in total. The van der Waals surface area contributed by atoms with Gasteiger partial charge in [-0.3, -0.25) is 4.79 Å². The topological polar surface area (TPSA) is 144 Å². The summed E-state index contributed by atoms with van der Waals surface area (Å²) >= 11 is 0. The fourth-order valence-electron chi connectivity index (χ4n) is 4.79. The van der Waals surface area contributed by atoms with Gasteiger partial charge in [-0.15, -0.1) is 10.5 Å². The first kappa shape index (κ1) is 26.8. The lowest BCUT2D eigenvalue weighted by Gasteiger charge is -2.17. The molecule has 3 aromatic carbocycles. The lowest BCUT2D eigenvalue weighted by Crippen LogP contribution is -2.42. The molecular formula is C30H24N6O5. The molecule has 0 bridgehead atoms. The van der Waals surface area contributed by atoms with E-state index in [1.165, 1.54) is 8.97 Å². The van der Waals surface area contributed by atoms with Gasteiger partial charge in [0, 0.05) is 22.4 Å². The maximum absolute atomic E-state index is 14.3. The lowest BCUT2D eigenvalue weighted by atomic mass is 10.1.